The Bertz CT molecular complexity index is 1200. The molecule has 0 spiro atoms. The van der Waals surface area contributed by atoms with Crippen molar-refractivity contribution in [3.63, 3.8) is 0 Å². The summed E-state index contributed by atoms with van der Waals surface area (Å²) in [5.41, 5.74) is 3.58. The minimum atomic E-state index is -0.822. The molecule has 3 heteroatoms. The molecule has 3 aromatic carbocycles. The van der Waals surface area contributed by atoms with Crippen LogP contribution in [-0.4, -0.2) is 0 Å². The van der Waals surface area contributed by atoms with E-state index in [2.05, 4.69) is 13.0 Å². The minimum Gasteiger partial charge on any atom is -0.206 e. The normalized spacial score (nSPS) is 17.8. The maximum atomic E-state index is 15.2. The molecule has 1 saturated carbocycles. The number of aryl methyl sites for hydroxylation is 1. The molecule has 1 aliphatic carbocycles. The number of benzene rings is 3. The minimum absolute atomic E-state index is 0.222. The van der Waals surface area contributed by atoms with Crippen LogP contribution in [0.4, 0.5) is 13.2 Å². The number of unbranched alkanes of at least 4 members (excludes halogenated alkanes) is 3. The van der Waals surface area contributed by atoms with E-state index in [1.807, 2.05) is 25.1 Å². The van der Waals surface area contributed by atoms with Gasteiger partial charge < -0.3 is 0 Å². The van der Waals surface area contributed by atoms with Gasteiger partial charge in [-0.05, 0) is 92.0 Å². The third-order valence-corrected chi connectivity index (χ3v) is 8.25. The van der Waals surface area contributed by atoms with Crippen LogP contribution in [0.5, 0.6) is 0 Å². The van der Waals surface area contributed by atoms with Crippen LogP contribution in [0, 0.1) is 23.4 Å². The summed E-state index contributed by atoms with van der Waals surface area (Å²) in [5, 5.41) is 0. The highest BCUT2D eigenvalue weighted by molar-refractivity contribution is 5.71. The highest BCUT2D eigenvalue weighted by Crippen LogP contribution is 2.39. The van der Waals surface area contributed by atoms with Gasteiger partial charge in [0.25, 0.3) is 0 Å². The quantitative estimate of drug-likeness (QED) is 0.175. The van der Waals surface area contributed by atoms with Crippen LogP contribution < -0.4 is 0 Å². The molecule has 1 fully saturated rings. The van der Waals surface area contributed by atoms with Crippen LogP contribution in [0.1, 0.15) is 95.1 Å². The first-order chi connectivity index (χ1) is 18.5. The molecule has 0 nitrogen and oxygen atoms in total. The Hall–Kier alpha value is -2.81. The molecule has 0 aliphatic heterocycles. The maximum Gasteiger partial charge on any atom is 0.166 e. The van der Waals surface area contributed by atoms with Crippen LogP contribution >= 0.6 is 0 Å². The van der Waals surface area contributed by atoms with Gasteiger partial charge in [0.05, 0.1) is 0 Å². The van der Waals surface area contributed by atoms with Gasteiger partial charge in [0.1, 0.15) is 5.82 Å². The predicted molar refractivity (Wildman–Crippen MR) is 154 cm³/mol. The first-order valence-electron chi connectivity index (χ1n) is 14.5. The van der Waals surface area contributed by atoms with Gasteiger partial charge in [-0.2, -0.15) is 0 Å². The van der Waals surface area contributed by atoms with Crippen molar-refractivity contribution < 1.29 is 13.2 Å². The van der Waals surface area contributed by atoms with Gasteiger partial charge in [-0.25, -0.2) is 13.2 Å². The second-order valence-electron chi connectivity index (χ2n) is 10.9. The lowest BCUT2D eigenvalue weighted by Crippen LogP contribution is -2.13. The van der Waals surface area contributed by atoms with E-state index in [4.69, 9.17) is 0 Å². The number of rotatable bonds is 11. The van der Waals surface area contributed by atoms with Crippen molar-refractivity contribution in [2.75, 3.05) is 0 Å². The molecular formula is C35H41F3. The first kappa shape index (κ1) is 28.2. The number of hydrogen-bond acceptors (Lipinski definition) is 0. The van der Waals surface area contributed by atoms with Crippen molar-refractivity contribution in [2.24, 2.45) is 5.92 Å². The Labute approximate surface area is 227 Å². The van der Waals surface area contributed by atoms with Crippen LogP contribution in [0.2, 0.25) is 0 Å². The van der Waals surface area contributed by atoms with Crippen molar-refractivity contribution in [3.8, 4) is 22.3 Å². The molecule has 0 saturated heterocycles. The van der Waals surface area contributed by atoms with Crippen LogP contribution in [0.3, 0.4) is 0 Å². The summed E-state index contributed by atoms with van der Waals surface area (Å²) in [5.74, 6) is -0.550. The van der Waals surface area contributed by atoms with E-state index in [1.54, 1.807) is 42.5 Å². The zero-order chi connectivity index (χ0) is 26.9. The van der Waals surface area contributed by atoms with E-state index < -0.39 is 11.6 Å². The average molecular weight is 519 g/mol. The summed E-state index contributed by atoms with van der Waals surface area (Å²) in [6.07, 6.45) is 16.1. The van der Waals surface area contributed by atoms with Gasteiger partial charge in [0.15, 0.2) is 11.6 Å². The molecule has 0 amide bonds. The Morgan fingerprint density at radius 1 is 0.763 bits per heavy atom. The van der Waals surface area contributed by atoms with Gasteiger partial charge in [-0.3, -0.25) is 0 Å². The predicted octanol–water partition coefficient (Wildman–Crippen LogP) is 11.2. The molecule has 0 atom stereocenters. The summed E-state index contributed by atoms with van der Waals surface area (Å²) in [6.45, 7) is 4.20. The molecule has 38 heavy (non-hydrogen) atoms. The van der Waals surface area contributed by atoms with E-state index in [-0.39, 0.29) is 11.4 Å². The van der Waals surface area contributed by atoms with Crippen molar-refractivity contribution in [2.45, 2.75) is 90.4 Å². The van der Waals surface area contributed by atoms with E-state index >= 15 is 4.39 Å². The van der Waals surface area contributed by atoms with Crippen molar-refractivity contribution in [1.82, 2.24) is 0 Å². The molecule has 0 aromatic heterocycles. The Morgan fingerprint density at radius 2 is 1.45 bits per heavy atom. The van der Waals surface area contributed by atoms with Crippen LogP contribution in [0.15, 0.2) is 66.7 Å². The number of allylic oxidation sites excluding steroid dienone is 2. The molecule has 202 valence electrons. The largest absolute Gasteiger partial charge is 0.206 e. The molecule has 1 aliphatic rings. The third kappa shape index (κ3) is 6.98. The molecule has 4 rings (SSSR count). The molecule has 3 aromatic rings. The van der Waals surface area contributed by atoms with E-state index in [0.717, 1.165) is 42.7 Å². The fourth-order valence-corrected chi connectivity index (χ4v) is 5.90. The smallest absolute Gasteiger partial charge is 0.166 e. The highest BCUT2D eigenvalue weighted by atomic mass is 19.2. The summed E-state index contributed by atoms with van der Waals surface area (Å²) in [4.78, 5) is 0. The van der Waals surface area contributed by atoms with Crippen molar-refractivity contribution in [1.29, 1.82) is 0 Å². The fraction of sp³-hybridized carbons (Fsp3) is 0.429. The third-order valence-electron chi connectivity index (χ3n) is 8.25. The Balaban J connectivity index is 1.42. The SMILES string of the molecule is CC=CCCCc1ccc(-c2ccc(-c3ccc(C4CCC(CCCCC)CC4)cc3F)cc2)c(F)c1F. The summed E-state index contributed by atoms with van der Waals surface area (Å²) in [7, 11) is 0. The molecule has 0 unspecified atom stereocenters. The standard InChI is InChI=1S/C35H41F3/c1-3-5-7-9-11-29-20-23-32(35(38)34(29)37)28-18-16-27(17-19-28)31-22-21-30(24-33(31)36)26-14-12-25(13-15-26)10-8-6-4-2/h3,5,16-26H,4,6-15H2,1-2H3. The maximum absolute atomic E-state index is 15.2. The van der Waals surface area contributed by atoms with Gasteiger partial charge in [-0.15, -0.1) is 0 Å². The first-order valence-corrected chi connectivity index (χ1v) is 14.5. The zero-order valence-corrected chi connectivity index (χ0v) is 22.9. The number of halogens is 3. The second-order valence-corrected chi connectivity index (χ2v) is 10.9. The fourth-order valence-electron chi connectivity index (χ4n) is 5.90. The van der Waals surface area contributed by atoms with Crippen LogP contribution in [-0.2, 0) is 6.42 Å². The summed E-state index contributed by atoms with van der Waals surface area (Å²) in [6, 6.07) is 16.0. The lowest BCUT2D eigenvalue weighted by atomic mass is 9.77. The summed E-state index contributed by atoms with van der Waals surface area (Å²) >= 11 is 0. The summed E-state index contributed by atoms with van der Waals surface area (Å²) < 4.78 is 44.8. The molecular weight excluding hydrogens is 477 g/mol. The van der Waals surface area contributed by atoms with Gasteiger partial charge in [0.2, 0.25) is 0 Å². The van der Waals surface area contributed by atoms with Gasteiger partial charge in [-0.1, -0.05) is 93.3 Å². The second kappa shape index (κ2) is 13.8. The Kier molecular flexibility index (Phi) is 10.3. The highest BCUT2D eigenvalue weighted by Gasteiger charge is 2.23. The lowest BCUT2D eigenvalue weighted by molar-refractivity contribution is 0.302. The molecule has 0 radical (unpaired) electrons. The monoisotopic (exact) mass is 518 g/mol. The van der Waals surface area contributed by atoms with E-state index in [9.17, 15) is 8.78 Å². The molecule has 0 heterocycles. The van der Waals surface area contributed by atoms with Crippen molar-refractivity contribution >= 4 is 0 Å². The number of hydrogen-bond donors (Lipinski definition) is 0. The van der Waals surface area contributed by atoms with E-state index in [1.165, 1.54) is 38.5 Å². The lowest BCUT2D eigenvalue weighted by Gasteiger charge is -2.29. The molecule has 0 bridgehead atoms. The van der Waals surface area contributed by atoms with Crippen LogP contribution in [0.25, 0.3) is 22.3 Å². The van der Waals surface area contributed by atoms with Gasteiger partial charge >= 0.3 is 0 Å². The van der Waals surface area contributed by atoms with E-state index in [0.29, 0.717) is 29.0 Å². The topological polar surface area (TPSA) is 0 Å². The van der Waals surface area contributed by atoms with Gasteiger partial charge in [0, 0.05) is 11.1 Å². The zero-order valence-electron chi connectivity index (χ0n) is 22.9. The molecule has 0 N–H and O–H groups in total. The van der Waals surface area contributed by atoms with Crippen molar-refractivity contribution in [3.05, 3.63) is 95.3 Å². The average Bonchev–Trinajstić information content (AvgIpc) is 2.94. The Morgan fingerprint density at radius 3 is 2.11 bits per heavy atom.